The minimum Gasteiger partial charge on any atom is -0.344 e. The molecule has 0 saturated heterocycles. The van der Waals surface area contributed by atoms with Crippen LogP contribution in [0.1, 0.15) is 30.9 Å². The third-order valence-corrected chi connectivity index (χ3v) is 4.51. The van der Waals surface area contributed by atoms with Crippen LogP contribution in [0.25, 0.3) is 17.5 Å². The van der Waals surface area contributed by atoms with Crippen molar-refractivity contribution in [3.8, 4) is 11.3 Å². The van der Waals surface area contributed by atoms with Gasteiger partial charge >= 0.3 is 0 Å². The fourth-order valence-electron chi connectivity index (χ4n) is 3.24. The second kappa shape index (κ2) is 7.41. The zero-order chi connectivity index (χ0) is 18.6. The predicted molar refractivity (Wildman–Crippen MR) is 109 cm³/mol. The van der Waals surface area contributed by atoms with Crippen molar-refractivity contribution >= 4 is 23.9 Å². The van der Waals surface area contributed by atoms with Gasteiger partial charge in [-0.3, -0.25) is 10.1 Å². The maximum absolute atomic E-state index is 4.51. The molecule has 0 amide bonds. The number of fused-ring (bicyclic) bond motifs is 1. The maximum atomic E-state index is 4.51. The Bertz CT molecular complexity index is 1010. The third-order valence-electron chi connectivity index (χ3n) is 4.51. The van der Waals surface area contributed by atoms with E-state index in [0.717, 1.165) is 29.3 Å². The molecule has 1 aromatic carbocycles. The SMILES string of the molecule is CC(=N/C=C\n1cncc1-c1cn[nH]c1)Nc1cccc2c1C(C)CN=C2. The Morgan fingerprint density at radius 2 is 2.30 bits per heavy atom. The Labute approximate surface area is 157 Å². The number of hydrogen-bond donors (Lipinski definition) is 2. The van der Waals surface area contributed by atoms with Crippen molar-refractivity contribution in [3.63, 3.8) is 0 Å². The van der Waals surface area contributed by atoms with E-state index < -0.39 is 0 Å². The van der Waals surface area contributed by atoms with Gasteiger partial charge in [0.05, 0.1) is 24.4 Å². The van der Waals surface area contributed by atoms with Gasteiger partial charge in [-0.2, -0.15) is 5.10 Å². The molecule has 27 heavy (non-hydrogen) atoms. The molecule has 4 rings (SSSR count). The number of aliphatic imine (C=N–C) groups is 2. The molecule has 1 atom stereocenters. The molecule has 1 aliphatic heterocycles. The molecule has 136 valence electrons. The number of anilines is 1. The van der Waals surface area contributed by atoms with Gasteiger partial charge in [-0.25, -0.2) is 9.98 Å². The molecule has 0 aliphatic carbocycles. The second-order valence-electron chi connectivity index (χ2n) is 6.51. The molecule has 3 heterocycles. The van der Waals surface area contributed by atoms with Gasteiger partial charge in [-0.15, -0.1) is 0 Å². The minimum absolute atomic E-state index is 0.389. The maximum Gasteiger partial charge on any atom is 0.103 e. The summed E-state index contributed by atoms with van der Waals surface area (Å²) in [5.74, 6) is 1.21. The average molecular weight is 359 g/mol. The standard InChI is InChI=1S/C20H21N7/c1-14-8-21-9-16-4-3-5-18(20(14)16)26-15(2)23-6-7-27-13-22-12-19(27)17-10-24-25-11-17/h3-7,9-14H,8H2,1-2H3,(H,23,26)(H,24,25)/b7-6-. The van der Waals surface area contributed by atoms with Gasteiger partial charge in [-0.1, -0.05) is 19.1 Å². The second-order valence-corrected chi connectivity index (χ2v) is 6.51. The van der Waals surface area contributed by atoms with Crippen molar-refractivity contribution in [2.24, 2.45) is 9.98 Å². The summed E-state index contributed by atoms with van der Waals surface area (Å²) in [6.45, 7) is 4.97. The van der Waals surface area contributed by atoms with Crippen molar-refractivity contribution < 1.29 is 0 Å². The zero-order valence-electron chi connectivity index (χ0n) is 15.3. The number of rotatable bonds is 4. The zero-order valence-corrected chi connectivity index (χ0v) is 15.3. The Morgan fingerprint density at radius 3 is 3.15 bits per heavy atom. The van der Waals surface area contributed by atoms with Gasteiger partial charge < -0.3 is 9.88 Å². The van der Waals surface area contributed by atoms with E-state index in [1.54, 1.807) is 24.9 Å². The largest absolute Gasteiger partial charge is 0.344 e. The van der Waals surface area contributed by atoms with E-state index in [1.807, 2.05) is 36.2 Å². The summed E-state index contributed by atoms with van der Waals surface area (Å²) in [6.07, 6.45) is 12.7. The summed E-state index contributed by atoms with van der Waals surface area (Å²) in [6, 6.07) is 6.23. The highest BCUT2D eigenvalue weighted by molar-refractivity contribution is 5.97. The monoisotopic (exact) mass is 359 g/mol. The van der Waals surface area contributed by atoms with Crippen LogP contribution in [-0.2, 0) is 0 Å². The topological polar surface area (TPSA) is 83.2 Å². The van der Waals surface area contributed by atoms with Crippen molar-refractivity contribution in [2.75, 3.05) is 11.9 Å². The van der Waals surface area contributed by atoms with Crippen LogP contribution in [0.4, 0.5) is 5.69 Å². The van der Waals surface area contributed by atoms with Crippen LogP contribution in [0.15, 0.2) is 59.3 Å². The summed E-state index contributed by atoms with van der Waals surface area (Å²) in [7, 11) is 0. The molecule has 2 aromatic heterocycles. The van der Waals surface area contributed by atoms with Crippen molar-refractivity contribution in [1.82, 2.24) is 19.7 Å². The van der Waals surface area contributed by atoms with E-state index in [9.17, 15) is 0 Å². The molecule has 0 spiro atoms. The summed E-state index contributed by atoms with van der Waals surface area (Å²) in [5.41, 5.74) is 5.48. The van der Waals surface area contributed by atoms with Gasteiger partial charge in [0.15, 0.2) is 0 Å². The van der Waals surface area contributed by atoms with E-state index in [1.165, 1.54) is 11.1 Å². The van der Waals surface area contributed by atoms with Crippen molar-refractivity contribution in [3.05, 3.63) is 60.4 Å². The van der Waals surface area contributed by atoms with E-state index in [0.29, 0.717) is 5.92 Å². The summed E-state index contributed by atoms with van der Waals surface area (Å²) in [4.78, 5) is 13.1. The molecule has 0 saturated carbocycles. The molecular formula is C20H21N7. The molecule has 0 fully saturated rings. The van der Waals surface area contributed by atoms with Crippen LogP contribution in [0.2, 0.25) is 0 Å². The van der Waals surface area contributed by atoms with Crippen LogP contribution in [0.3, 0.4) is 0 Å². The van der Waals surface area contributed by atoms with Crippen LogP contribution in [0, 0.1) is 0 Å². The van der Waals surface area contributed by atoms with E-state index in [-0.39, 0.29) is 0 Å². The van der Waals surface area contributed by atoms with Crippen LogP contribution in [0.5, 0.6) is 0 Å². The third kappa shape index (κ3) is 3.57. The quantitative estimate of drug-likeness (QED) is 0.549. The normalized spacial score (nSPS) is 16.7. The van der Waals surface area contributed by atoms with E-state index in [2.05, 4.69) is 49.5 Å². The lowest BCUT2D eigenvalue weighted by Crippen LogP contribution is -2.15. The molecule has 2 N–H and O–H groups in total. The van der Waals surface area contributed by atoms with Crippen LogP contribution in [-0.4, -0.2) is 38.3 Å². The predicted octanol–water partition coefficient (Wildman–Crippen LogP) is 3.77. The number of nitrogens with one attached hydrogen (secondary N) is 2. The van der Waals surface area contributed by atoms with E-state index in [4.69, 9.17) is 0 Å². The first-order valence-electron chi connectivity index (χ1n) is 8.84. The molecule has 7 heteroatoms. The Hall–Kier alpha value is -3.48. The summed E-state index contributed by atoms with van der Waals surface area (Å²) in [5, 5.41) is 10.2. The summed E-state index contributed by atoms with van der Waals surface area (Å²) < 4.78 is 1.91. The number of hydrogen-bond acceptors (Lipinski definition) is 4. The van der Waals surface area contributed by atoms with Crippen LogP contribution >= 0.6 is 0 Å². The Balaban J connectivity index is 1.51. The molecule has 0 radical (unpaired) electrons. The first kappa shape index (κ1) is 17.0. The first-order valence-corrected chi connectivity index (χ1v) is 8.84. The molecule has 1 aliphatic rings. The molecule has 1 unspecified atom stereocenters. The fraction of sp³-hybridized carbons (Fsp3) is 0.200. The molecule has 0 bridgehead atoms. The van der Waals surface area contributed by atoms with Crippen LogP contribution < -0.4 is 5.32 Å². The number of benzene rings is 1. The fourth-order valence-corrected chi connectivity index (χ4v) is 3.24. The number of nitrogens with zero attached hydrogens (tertiary/aromatic N) is 5. The Kier molecular flexibility index (Phi) is 4.65. The molecule has 7 nitrogen and oxygen atoms in total. The van der Waals surface area contributed by atoms with Gasteiger partial charge in [0.2, 0.25) is 0 Å². The lowest BCUT2D eigenvalue weighted by molar-refractivity contribution is 0.767. The Morgan fingerprint density at radius 1 is 1.37 bits per heavy atom. The summed E-state index contributed by atoms with van der Waals surface area (Å²) >= 11 is 0. The van der Waals surface area contributed by atoms with Crippen molar-refractivity contribution in [2.45, 2.75) is 19.8 Å². The highest BCUT2D eigenvalue weighted by Crippen LogP contribution is 2.30. The minimum atomic E-state index is 0.389. The number of aromatic nitrogens is 4. The molecular weight excluding hydrogens is 338 g/mol. The molecule has 3 aromatic rings. The highest BCUT2D eigenvalue weighted by Gasteiger charge is 2.17. The lowest BCUT2D eigenvalue weighted by atomic mass is 9.92. The highest BCUT2D eigenvalue weighted by atomic mass is 15.1. The number of aromatic amines is 1. The van der Waals surface area contributed by atoms with Gasteiger partial charge in [0.1, 0.15) is 5.84 Å². The van der Waals surface area contributed by atoms with Gasteiger partial charge in [-0.05, 0) is 24.1 Å². The smallest absolute Gasteiger partial charge is 0.103 e. The first-order chi connectivity index (χ1) is 13.2. The van der Waals surface area contributed by atoms with Crippen molar-refractivity contribution in [1.29, 1.82) is 0 Å². The number of H-pyrrole nitrogens is 1. The van der Waals surface area contributed by atoms with Gasteiger partial charge in [0.25, 0.3) is 0 Å². The average Bonchev–Trinajstić information content (AvgIpc) is 3.33. The number of amidine groups is 1. The number of imidazole rings is 1. The van der Waals surface area contributed by atoms with E-state index >= 15 is 0 Å². The van der Waals surface area contributed by atoms with Gasteiger partial charge in [0, 0.05) is 48.5 Å². The lowest BCUT2D eigenvalue weighted by Gasteiger charge is -2.21.